The van der Waals surface area contributed by atoms with Gasteiger partial charge < -0.3 is 14.5 Å². The molecular weight excluding hydrogens is 428 g/mol. The first-order valence-corrected chi connectivity index (χ1v) is 12.3. The molecule has 3 aromatic rings. The molecule has 2 aromatic heterocycles. The van der Waals surface area contributed by atoms with Crippen molar-refractivity contribution >= 4 is 17.4 Å². The normalized spacial score (nSPS) is 19.9. The lowest BCUT2D eigenvalue weighted by molar-refractivity contribution is -0.129. The first-order chi connectivity index (χ1) is 16.5. The Morgan fingerprint density at radius 1 is 1.18 bits per heavy atom. The van der Waals surface area contributed by atoms with E-state index in [1.54, 1.807) is 6.92 Å². The number of carbonyl (C=O) groups excluding carboxylic acids is 1. The van der Waals surface area contributed by atoms with Gasteiger partial charge in [0.1, 0.15) is 0 Å². The maximum absolute atomic E-state index is 12.2. The number of aromatic nitrogens is 4. The molecule has 6 rings (SSSR count). The Kier molecular flexibility index (Phi) is 5.21. The van der Waals surface area contributed by atoms with Gasteiger partial charge in [0.05, 0.1) is 24.9 Å². The van der Waals surface area contributed by atoms with Crippen LogP contribution in [-0.4, -0.2) is 56.7 Å². The minimum Gasteiger partial charge on any atom is -0.379 e. The van der Waals surface area contributed by atoms with Crippen molar-refractivity contribution in [3.8, 4) is 11.1 Å². The lowest BCUT2D eigenvalue weighted by Crippen LogP contribution is -2.35. The Morgan fingerprint density at radius 3 is 2.79 bits per heavy atom. The smallest absolute Gasteiger partial charge is 0.219 e. The highest BCUT2D eigenvalue weighted by Gasteiger charge is 2.33. The second kappa shape index (κ2) is 8.27. The fourth-order valence-corrected chi connectivity index (χ4v) is 5.80. The molecule has 5 heterocycles. The van der Waals surface area contributed by atoms with Crippen molar-refractivity contribution < 1.29 is 9.53 Å². The highest BCUT2D eigenvalue weighted by Crippen LogP contribution is 2.40. The maximum atomic E-state index is 12.2. The van der Waals surface area contributed by atoms with Crippen molar-refractivity contribution in [2.75, 3.05) is 31.2 Å². The third kappa shape index (κ3) is 3.52. The van der Waals surface area contributed by atoms with Gasteiger partial charge in [0.15, 0.2) is 5.82 Å². The summed E-state index contributed by atoms with van der Waals surface area (Å²) < 4.78 is 9.79. The number of nitrogens with zero attached hydrogens (tertiary/aromatic N) is 6. The molecule has 34 heavy (non-hydrogen) atoms. The number of rotatable bonds is 3. The molecule has 1 amide bonds. The van der Waals surface area contributed by atoms with Crippen LogP contribution in [0.5, 0.6) is 0 Å². The fraction of sp³-hybridized carbons (Fsp3) is 0.500. The summed E-state index contributed by atoms with van der Waals surface area (Å²) in [6, 6.07) is 7.05. The molecule has 0 unspecified atom stereocenters. The topological polar surface area (TPSA) is 68.4 Å². The molecule has 1 aromatic carbocycles. The van der Waals surface area contributed by atoms with E-state index in [-0.39, 0.29) is 11.9 Å². The average Bonchev–Trinajstić information content (AvgIpc) is 3.56. The summed E-state index contributed by atoms with van der Waals surface area (Å²) in [7, 11) is 1.97. The Bertz CT molecular complexity index is 1250. The number of fused-ring (bicyclic) bond motifs is 2. The van der Waals surface area contributed by atoms with Crippen molar-refractivity contribution in [2.45, 2.75) is 52.1 Å². The van der Waals surface area contributed by atoms with Crippen LogP contribution in [0, 0.1) is 6.92 Å². The van der Waals surface area contributed by atoms with Gasteiger partial charge in [-0.1, -0.05) is 6.07 Å². The monoisotopic (exact) mass is 460 g/mol. The molecule has 3 aliphatic rings. The van der Waals surface area contributed by atoms with Crippen LogP contribution in [0.4, 0.5) is 11.5 Å². The van der Waals surface area contributed by atoms with Crippen LogP contribution in [0.15, 0.2) is 24.4 Å². The Morgan fingerprint density at radius 2 is 2.06 bits per heavy atom. The summed E-state index contributed by atoms with van der Waals surface area (Å²) in [5, 5.41) is 9.72. The molecule has 8 heteroatoms. The third-order valence-corrected chi connectivity index (χ3v) is 7.54. The van der Waals surface area contributed by atoms with Gasteiger partial charge in [-0.15, -0.1) is 0 Å². The second-order valence-corrected chi connectivity index (χ2v) is 9.80. The quantitative estimate of drug-likeness (QED) is 0.598. The fourth-order valence-electron chi connectivity index (χ4n) is 5.80. The van der Waals surface area contributed by atoms with Crippen LogP contribution in [-0.2, 0) is 36.0 Å². The van der Waals surface area contributed by atoms with E-state index in [1.165, 1.54) is 33.6 Å². The molecule has 1 atom stereocenters. The van der Waals surface area contributed by atoms with Gasteiger partial charge in [-0.05, 0) is 49.4 Å². The van der Waals surface area contributed by atoms with Gasteiger partial charge in [0, 0.05) is 68.8 Å². The van der Waals surface area contributed by atoms with Gasteiger partial charge in [-0.3, -0.25) is 14.2 Å². The zero-order valence-corrected chi connectivity index (χ0v) is 20.3. The minimum absolute atomic E-state index is 0.129. The van der Waals surface area contributed by atoms with Gasteiger partial charge >= 0.3 is 0 Å². The van der Waals surface area contributed by atoms with E-state index in [4.69, 9.17) is 9.84 Å². The van der Waals surface area contributed by atoms with E-state index < -0.39 is 0 Å². The number of ether oxygens (including phenoxy) is 1. The van der Waals surface area contributed by atoms with Crippen molar-refractivity contribution in [1.29, 1.82) is 0 Å². The number of aryl methyl sites for hydroxylation is 3. The van der Waals surface area contributed by atoms with E-state index >= 15 is 0 Å². The van der Waals surface area contributed by atoms with Crippen LogP contribution in [0.2, 0.25) is 0 Å². The number of amides is 1. The Hall–Kier alpha value is -3.13. The predicted molar refractivity (Wildman–Crippen MR) is 130 cm³/mol. The van der Waals surface area contributed by atoms with Crippen LogP contribution in [0.3, 0.4) is 0 Å². The summed E-state index contributed by atoms with van der Waals surface area (Å²) in [6.45, 7) is 7.55. The lowest BCUT2D eigenvalue weighted by Gasteiger charge is -2.32. The summed E-state index contributed by atoms with van der Waals surface area (Å²) in [5.41, 5.74) is 8.49. The van der Waals surface area contributed by atoms with Crippen LogP contribution in [0.25, 0.3) is 11.1 Å². The first-order valence-electron chi connectivity index (χ1n) is 12.3. The molecule has 1 saturated heterocycles. The average molecular weight is 461 g/mol. The largest absolute Gasteiger partial charge is 0.379 e. The van der Waals surface area contributed by atoms with Crippen molar-refractivity contribution in [1.82, 2.24) is 24.5 Å². The summed E-state index contributed by atoms with van der Waals surface area (Å²) in [6.07, 6.45) is 6.06. The van der Waals surface area contributed by atoms with Crippen LogP contribution >= 0.6 is 0 Å². The third-order valence-electron chi connectivity index (χ3n) is 7.54. The van der Waals surface area contributed by atoms with Gasteiger partial charge in [-0.25, -0.2) is 0 Å². The number of carbonyl (C=O) groups is 1. The van der Waals surface area contributed by atoms with E-state index in [2.05, 4.69) is 46.0 Å². The molecule has 0 N–H and O–H groups in total. The standard InChI is InChI=1S/C26H32N6O2/c1-17-22(14-29(3)27-17)19-6-7-24-20(13-19)5-4-10-31(24)26-23-15-30(18(2)33)11-8-25(23)32(28-26)21-9-12-34-16-21/h6-7,13-14,21H,4-5,8-12,15-16H2,1-3H3/t21-/m0/s1. The van der Waals surface area contributed by atoms with E-state index in [0.717, 1.165) is 56.9 Å². The highest BCUT2D eigenvalue weighted by atomic mass is 16.5. The minimum atomic E-state index is 0.129. The molecule has 178 valence electrons. The van der Waals surface area contributed by atoms with Crippen LogP contribution < -0.4 is 4.90 Å². The summed E-state index contributed by atoms with van der Waals surface area (Å²) in [4.78, 5) is 16.5. The van der Waals surface area contributed by atoms with E-state index in [0.29, 0.717) is 13.2 Å². The highest BCUT2D eigenvalue weighted by molar-refractivity contribution is 5.76. The Labute approximate surface area is 200 Å². The molecule has 1 fully saturated rings. The van der Waals surface area contributed by atoms with Gasteiger partial charge in [0.2, 0.25) is 5.91 Å². The SMILES string of the molecule is CC(=O)N1CCc2c(c(N3CCCc4cc(-c5cn(C)nc5C)ccc43)nn2[C@H]2CCOC2)C1. The zero-order chi connectivity index (χ0) is 23.4. The molecule has 0 aliphatic carbocycles. The summed E-state index contributed by atoms with van der Waals surface area (Å²) in [5.74, 6) is 1.14. The van der Waals surface area contributed by atoms with Crippen molar-refractivity contribution in [3.05, 3.63) is 46.9 Å². The number of benzene rings is 1. The maximum Gasteiger partial charge on any atom is 0.219 e. The molecular formula is C26H32N6O2. The molecule has 8 nitrogen and oxygen atoms in total. The number of hydrogen-bond donors (Lipinski definition) is 0. The number of hydrogen-bond acceptors (Lipinski definition) is 5. The molecule has 0 radical (unpaired) electrons. The predicted octanol–water partition coefficient (Wildman–Crippen LogP) is 3.54. The van der Waals surface area contributed by atoms with E-state index in [9.17, 15) is 4.79 Å². The lowest BCUT2D eigenvalue weighted by atomic mass is 9.96. The molecule has 0 bridgehead atoms. The van der Waals surface area contributed by atoms with Crippen molar-refractivity contribution in [3.63, 3.8) is 0 Å². The second-order valence-electron chi connectivity index (χ2n) is 9.80. The molecule has 0 spiro atoms. The molecule has 0 saturated carbocycles. The molecule has 3 aliphatic heterocycles. The number of anilines is 2. The van der Waals surface area contributed by atoms with Gasteiger partial charge in [0.25, 0.3) is 0 Å². The van der Waals surface area contributed by atoms with E-state index in [1.807, 2.05) is 16.6 Å². The first kappa shape index (κ1) is 21.4. The Balaban J connectivity index is 1.42. The summed E-state index contributed by atoms with van der Waals surface area (Å²) >= 11 is 0. The zero-order valence-electron chi connectivity index (χ0n) is 20.3. The van der Waals surface area contributed by atoms with Crippen molar-refractivity contribution in [2.24, 2.45) is 7.05 Å². The van der Waals surface area contributed by atoms with Gasteiger partial charge in [-0.2, -0.15) is 10.2 Å². The van der Waals surface area contributed by atoms with Crippen LogP contribution in [0.1, 0.15) is 48.3 Å².